The Labute approximate surface area is 83.0 Å². The Hall–Kier alpha value is -1.77. The molecule has 1 aromatic carbocycles. The monoisotopic (exact) mass is 192 g/mol. The van der Waals surface area contributed by atoms with Crippen LogP contribution in [0.25, 0.3) is 6.08 Å². The van der Waals surface area contributed by atoms with Gasteiger partial charge in [0.25, 0.3) is 0 Å². The van der Waals surface area contributed by atoms with Gasteiger partial charge in [-0.15, -0.1) is 0 Å². The van der Waals surface area contributed by atoms with Crippen molar-refractivity contribution in [1.82, 2.24) is 0 Å². The van der Waals surface area contributed by atoms with E-state index in [2.05, 4.69) is 4.74 Å². The van der Waals surface area contributed by atoms with E-state index in [1.165, 1.54) is 13.2 Å². The average molecular weight is 192 g/mol. The fraction of sp³-hybridized carbons (Fsp3) is 0.182. The van der Waals surface area contributed by atoms with Gasteiger partial charge in [0.2, 0.25) is 0 Å². The fourth-order valence-electron chi connectivity index (χ4n) is 0.954. The standard InChI is InChI=1S/C11H12O3/c1-9(12)14-7-6-10-4-3-5-11(8-10)13-2/h3-8H,1-2H3. The molecule has 0 aliphatic heterocycles. The van der Waals surface area contributed by atoms with Crippen molar-refractivity contribution < 1.29 is 14.3 Å². The second kappa shape index (κ2) is 5.07. The molecule has 0 saturated heterocycles. The van der Waals surface area contributed by atoms with Crippen LogP contribution in [0.5, 0.6) is 5.75 Å². The summed E-state index contributed by atoms with van der Waals surface area (Å²) in [5.74, 6) is 0.444. The lowest BCUT2D eigenvalue weighted by molar-refractivity contribution is -0.135. The van der Waals surface area contributed by atoms with E-state index < -0.39 is 0 Å². The smallest absolute Gasteiger partial charge is 0.307 e. The summed E-state index contributed by atoms with van der Waals surface area (Å²) in [5, 5.41) is 0. The minimum absolute atomic E-state index is 0.329. The van der Waals surface area contributed by atoms with E-state index in [0.717, 1.165) is 11.3 Å². The summed E-state index contributed by atoms with van der Waals surface area (Å²) in [7, 11) is 1.61. The summed E-state index contributed by atoms with van der Waals surface area (Å²) >= 11 is 0. The second-order valence-corrected chi connectivity index (χ2v) is 2.69. The summed E-state index contributed by atoms with van der Waals surface area (Å²) in [4.78, 5) is 10.5. The molecule has 0 spiro atoms. The Morgan fingerprint density at radius 1 is 1.43 bits per heavy atom. The van der Waals surface area contributed by atoms with Gasteiger partial charge >= 0.3 is 5.97 Å². The summed E-state index contributed by atoms with van der Waals surface area (Å²) in [6.07, 6.45) is 3.06. The van der Waals surface area contributed by atoms with Gasteiger partial charge in [-0.25, -0.2) is 0 Å². The molecule has 0 saturated carbocycles. The molecule has 1 rings (SSSR count). The third kappa shape index (κ3) is 3.31. The van der Waals surface area contributed by atoms with Gasteiger partial charge in [0.05, 0.1) is 13.4 Å². The quantitative estimate of drug-likeness (QED) is 0.544. The minimum Gasteiger partial charge on any atom is -0.497 e. The van der Waals surface area contributed by atoms with Crippen molar-refractivity contribution in [2.45, 2.75) is 6.92 Å². The SMILES string of the molecule is COc1cccc(C=COC(C)=O)c1. The van der Waals surface area contributed by atoms with Crippen molar-refractivity contribution in [2.24, 2.45) is 0 Å². The molecule has 0 heterocycles. The van der Waals surface area contributed by atoms with Crippen LogP contribution in [-0.2, 0) is 9.53 Å². The van der Waals surface area contributed by atoms with Crippen LogP contribution in [0.2, 0.25) is 0 Å². The number of carbonyl (C=O) groups is 1. The number of carbonyl (C=O) groups excluding carboxylic acids is 1. The predicted molar refractivity (Wildman–Crippen MR) is 53.8 cm³/mol. The zero-order valence-electron chi connectivity index (χ0n) is 8.19. The van der Waals surface area contributed by atoms with Gasteiger partial charge in [0.15, 0.2) is 0 Å². The van der Waals surface area contributed by atoms with Crippen LogP contribution in [0.1, 0.15) is 12.5 Å². The van der Waals surface area contributed by atoms with E-state index in [9.17, 15) is 4.79 Å². The first-order valence-corrected chi connectivity index (χ1v) is 4.20. The first-order chi connectivity index (χ1) is 6.72. The maximum Gasteiger partial charge on any atom is 0.307 e. The fourth-order valence-corrected chi connectivity index (χ4v) is 0.954. The van der Waals surface area contributed by atoms with Crippen molar-refractivity contribution >= 4 is 12.0 Å². The molecule has 0 radical (unpaired) electrons. The zero-order chi connectivity index (χ0) is 10.4. The molecule has 0 amide bonds. The van der Waals surface area contributed by atoms with E-state index in [1.54, 1.807) is 13.2 Å². The van der Waals surface area contributed by atoms with E-state index in [4.69, 9.17) is 4.74 Å². The summed E-state index contributed by atoms with van der Waals surface area (Å²) in [6.45, 7) is 1.36. The topological polar surface area (TPSA) is 35.5 Å². The first kappa shape index (κ1) is 10.3. The highest BCUT2D eigenvalue weighted by atomic mass is 16.5. The number of esters is 1. The average Bonchev–Trinajstić information content (AvgIpc) is 2.18. The van der Waals surface area contributed by atoms with E-state index >= 15 is 0 Å². The van der Waals surface area contributed by atoms with Gasteiger partial charge in [0.1, 0.15) is 5.75 Å². The predicted octanol–water partition coefficient (Wildman–Crippen LogP) is 2.23. The van der Waals surface area contributed by atoms with Gasteiger partial charge in [-0.05, 0) is 23.8 Å². The Morgan fingerprint density at radius 2 is 2.21 bits per heavy atom. The molecule has 0 N–H and O–H groups in total. The van der Waals surface area contributed by atoms with Crippen LogP contribution in [0, 0.1) is 0 Å². The maximum atomic E-state index is 10.5. The third-order valence-electron chi connectivity index (χ3n) is 1.59. The van der Waals surface area contributed by atoms with Crippen LogP contribution < -0.4 is 4.74 Å². The lowest BCUT2D eigenvalue weighted by Gasteiger charge is -1.99. The van der Waals surface area contributed by atoms with Crippen molar-refractivity contribution in [2.75, 3.05) is 7.11 Å². The molecular weight excluding hydrogens is 180 g/mol. The first-order valence-electron chi connectivity index (χ1n) is 4.20. The van der Waals surface area contributed by atoms with E-state index in [-0.39, 0.29) is 5.97 Å². The largest absolute Gasteiger partial charge is 0.497 e. The highest BCUT2D eigenvalue weighted by Crippen LogP contribution is 2.13. The molecule has 0 aliphatic rings. The molecule has 0 atom stereocenters. The second-order valence-electron chi connectivity index (χ2n) is 2.69. The highest BCUT2D eigenvalue weighted by molar-refractivity contribution is 5.67. The molecule has 0 aromatic heterocycles. The normalized spacial score (nSPS) is 10.1. The lowest BCUT2D eigenvalue weighted by atomic mass is 10.2. The number of rotatable bonds is 3. The van der Waals surface area contributed by atoms with Crippen molar-refractivity contribution in [3.8, 4) is 5.75 Å². The maximum absolute atomic E-state index is 10.5. The molecular formula is C11H12O3. The van der Waals surface area contributed by atoms with E-state index in [0.29, 0.717) is 0 Å². The van der Waals surface area contributed by atoms with Crippen molar-refractivity contribution in [3.63, 3.8) is 0 Å². The molecule has 0 unspecified atom stereocenters. The van der Waals surface area contributed by atoms with Crippen LogP contribution >= 0.6 is 0 Å². The molecule has 0 bridgehead atoms. The lowest BCUT2D eigenvalue weighted by Crippen LogP contribution is -1.89. The summed E-state index contributed by atoms with van der Waals surface area (Å²) in [5.41, 5.74) is 0.922. The van der Waals surface area contributed by atoms with Crippen molar-refractivity contribution in [3.05, 3.63) is 36.1 Å². The molecule has 0 fully saturated rings. The minimum atomic E-state index is -0.329. The molecule has 74 valence electrons. The Balaban J connectivity index is 2.66. The highest BCUT2D eigenvalue weighted by Gasteiger charge is 1.91. The van der Waals surface area contributed by atoms with Crippen LogP contribution in [0.3, 0.4) is 0 Å². The number of hydrogen-bond acceptors (Lipinski definition) is 3. The third-order valence-corrected chi connectivity index (χ3v) is 1.59. The molecule has 1 aromatic rings. The number of benzene rings is 1. The Bertz CT molecular complexity index is 342. The Morgan fingerprint density at radius 3 is 2.86 bits per heavy atom. The van der Waals surface area contributed by atoms with Crippen molar-refractivity contribution in [1.29, 1.82) is 0 Å². The number of hydrogen-bond donors (Lipinski definition) is 0. The Kier molecular flexibility index (Phi) is 3.73. The molecule has 0 aliphatic carbocycles. The van der Waals surface area contributed by atoms with Crippen LogP contribution in [-0.4, -0.2) is 13.1 Å². The van der Waals surface area contributed by atoms with Crippen LogP contribution in [0.15, 0.2) is 30.5 Å². The molecule has 14 heavy (non-hydrogen) atoms. The zero-order valence-corrected chi connectivity index (χ0v) is 8.19. The molecule has 3 heteroatoms. The van der Waals surface area contributed by atoms with Gasteiger partial charge in [-0.1, -0.05) is 12.1 Å². The van der Waals surface area contributed by atoms with E-state index in [1.807, 2.05) is 24.3 Å². The van der Waals surface area contributed by atoms with Gasteiger partial charge in [-0.3, -0.25) is 4.79 Å². The summed E-state index contributed by atoms with van der Waals surface area (Å²) < 4.78 is 9.70. The number of ether oxygens (including phenoxy) is 2. The van der Waals surface area contributed by atoms with Crippen LogP contribution in [0.4, 0.5) is 0 Å². The molecule has 3 nitrogen and oxygen atoms in total. The van der Waals surface area contributed by atoms with Gasteiger partial charge in [0, 0.05) is 6.92 Å². The van der Waals surface area contributed by atoms with Gasteiger partial charge in [-0.2, -0.15) is 0 Å². The summed E-state index contributed by atoms with van der Waals surface area (Å²) in [6, 6.07) is 7.46. The van der Waals surface area contributed by atoms with Gasteiger partial charge < -0.3 is 9.47 Å². The number of methoxy groups -OCH3 is 1.